The highest BCUT2D eigenvalue weighted by atomic mass is 35.5. The Bertz CT molecular complexity index is 468. The SMILES string of the molecule is CCCNC(=O)NC(=O)CNc1ccc(F)cc1Cl. The molecule has 19 heavy (non-hydrogen) atoms. The number of nitrogens with one attached hydrogen (secondary N) is 3. The zero-order chi connectivity index (χ0) is 14.3. The second-order valence-electron chi connectivity index (χ2n) is 3.78. The van der Waals surface area contributed by atoms with Crippen molar-refractivity contribution >= 4 is 29.2 Å². The third-order valence-electron chi connectivity index (χ3n) is 2.16. The van der Waals surface area contributed by atoms with Crippen molar-refractivity contribution in [2.24, 2.45) is 0 Å². The Kier molecular flexibility index (Phi) is 6.08. The van der Waals surface area contributed by atoms with Crippen molar-refractivity contribution in [2.75, 3.05) is 18.4 Å². The molecule has 1 aromatic rings. The zero-order valence-corrected chi connectivity index (χ0v) is 11.2. The van der Waals surface area contributed by atoms with Gasteiger partial charge in [0.15, 0.2) is 0 Å². The number of halogens is 2. The van der Waals surface area contributed by atoms with Crippen LogP contribution in [0.2, 0.25) is 5.02 Å². The van der Waals surface area contributed by atoms with E-state index >= 15 is 0 Å². The first-order valence-corrected chi connectivity index (χ1v) is 6.17. The number of hydrogen-bond acceptors (Lipinski definition) is 3. The fourth-order valence-electron chi connectivity index (χ4n) is 1.26. The van der Waals surface area contributed by atoms with Crippen molar-refractivity contribution in [1.29, 1.82) is 0 Å². The molecule has 3 amide bonds. The Morgan fingerprint density at radius 3 is 2.74 bits per heavy atom. The largest absolute Gasteiger partial charge is 0.375 e. The first kappa shape index (κ1) is 15.2. The van der Waals surface area contributed by atoms with Gasteiger partial charge in [0.25, 0.3) is 0 Å². The van der Waals surface area contributed by atoms with E-state index in [2.05, 4.69) is 16.0 Å². The minimum atomic E-state index is -0.543. The summed E-state index contributed by atoms with van der Waals surface area (Å²) in [6.07, 6.45) is 0.783. The summed E-state index contributed by atoms with van der Waals surface area (Å²) in [5, 5.41) is 7.53. The zero-order valence-electron chi connectivity index (χ0n) is 10.4. The summed E-state index contributed by atoms with van der Waals surface area (Å²) in [6.45, 7) is 2.27. The molecule has 0 saturated carbocycles. The molecule has 7 heteroatoms. The molecule has 0 aromatic heterocycles. The maximum atomic E-state index is 12.8. The lowest BCUT2D eigenvalue weighted by atomic mass is 10.3. The van der Waals surface area contributed by atoms with Crippen molar-refractivity contribution in [3.63, 3.8) is 0 Å². The quantitative estimate of drug-likeness (QED) is 0.777. The number of carbonyl (C=O) groups is 2. The molecule has 0 bridgehead atoms. The van der Waals surface area contributed by atoms with Gasteiger partial charge in [-0.3, -0.25) is 10.1 Å². The highest BCUT2D eigenvalue weighted by Gasteiger charge is 2.08. The molecule has 0 unspecified atom stereocenters. The van der Waals surface area contributed by atoms with Crippen molar-refractivity contribution in [2.45, 2.75) is 13.3 Å². The van der Waals surface area contributed by atoms with Crippen LogP contribution < -0.4 is 16.0 Å². The van der Waals surface area contributed by atoms with Gasteiger partial charge in [0.05, 0.1) is 17.3 Å². The molecule has 0 heterocycles. The molecule has 104 valence electrons. The number of carbonyl (C=O) groups excluding carboxylic acids is 2. The number of rotatable bonds is 5. The fraction of sp³-hybridized carbons (Fsp3) is 0.333. The predicted octanol–water partition coefficient (Wildman–Crippen LogP) is 2.13. The summed E-state index contributed by atoms with van der Waals surface area (Å²) in [5.41, 5.74) is 0.423. The average molecular weight is 288 g/mol. The molecule has 0 aliphatic rings. The van der Waals surface area contributed by atoms with Gasteiger partial charge >= 0.3 is 6.03 Å². The Morgan fingerprint density at radius 1 is 1.37 bits per heavy atom. The summed E-state index contributed by atoms with van der Waals surface area (Å²) in [5.74, 6) is -0.965. The molecule has 0 spiro atoms. The fourth-order valence-corrected chi connectivity index (χ4v) is 1.50. The minimum Gasteiger partial charge on any atom is -0.375 e. The first-order valence-electron chi connectivity index (χ1n) is 5.79. The van der Waals surface area contributed by atoms with Crippen LogP contribution in [-0.4, -0.2) is 25.0 Å². The third-order valence-corrected chi connectivity index (χ3v) is 2.47. The highest BCUT2D eigenvalue weighted by molar-refractivity contribution is 6.33. The van der Waals surface area contributed by atoms with Crippen molar-refractivity contribution < 1.29 is 14.0 Å². The number of hydrogen-bond donors (Lipinski definition) is 3. The van der Waals surface area contributed by atoms with Crippen LogP contribution in [-0.2, 0) is 4.79 Å². The molecule has 3 N–H and O–H groups in total. The topological polar surface area (TPSA) is 70.2 Å². The summed E-state index contributed by atoms with van der Waals surface area (Å²) in [6, 6.07) is 3.23. The van der Waals surface area contributed by atoms with Crippen LogP contribution in [0.1, 0.15) is 13.3 Å². The van der Waals surface area contributed by atoms with E-state index < -0.39 is 17.8 Å². The van der Waals surface area contributed by atoms with Crippen molar-refractivity contribution in [3.05, 3.63) is 29.0 Å². The van der Waals surface area contributed by atoms with Gasteiger partial charge in [0, 0.05) is 6.54 Å². The summed E-state index contributed by atoms with van der Waals surface area (Å²) >= 11 is 5.77. The maximum absolute atomic E-state index is 12.8. The van der Waals surface area contributed by atoms with E-state index in [0.717, 1.165) is 12.5 Å². The van der Waals surface area contributed by atoms with Gasteiger partial charge in [-0.05, 0) is 24.6 Å². The molecule has 1 rings (SSSR count). The number of imide groups is 1. The Morgan fingerprint density at radius 2 is 2.11 bits per heavy atom. The monoisotopic (exact) mass is 287 g/mol. The van der Waals surface area contributed by atoms with Crippen molar-refractivity contribution in [1.82, 2.24) is 10.6 Å². The van der Waals surface area contributed by atoms with E-state index in [1.165, 1.54) is 12.1 Å². The molecular weight excluding hydrogens is 273 g/mol. The van der Waals surface area contributed by atoms with E-state index in [-0.39, 0.29) is 11.6 Å². The van der Waals surface area contributed by atoms with Gasteiger partial charge < -0.3 is 10.6 Å². The van der Waals surface area contributed by atoms with Crippen LogP contribution in [0, 0.1) is 5.82 Å². The van der Waals surface area contributed by atoms with Crippen LogP contribution in [0.25, 0.3) is 0 Å². The van der Waals surface area contributed by atoms with Gasteiger partial charge in [-0.2, -0.15) is 0 Å². The lowest BCUT2D eigenvalue weighted by Gasteiger charge is -2.09. The maximum Gasteiger partial charge on any atom is 0.321 e. The molecule has 0 radical (unpaired) electrons. The Balaban J connectivity index is 2.39. The number of anilines is 1. The van der Waals surface area contributed by atoms with E-state index in [0.29, 0.717) is 12.2 Å². The number of amides is 3. The second kappa shape index (κ2) is 7.58. The van der Waals surface area contributed by atoms with Crippen molar-refractivity contribution in [3.8, 4) is 0 Å². The van der Waals surface area contributed by atoms with Crippen LogP contribution in [0.4, 0.5) is 14.9 Å². The summed E-state index contributed by atoms with van der Waals surface area (Å²) in [7, 11) is 0. The average Bonchev–Trinajstić information content (AvgIpc) is 2.35. The predicted molar refractivity (Wildman–Crippen MR) is 71.7 cm³/mol. The molecule has 1 aromatic carbocycles. The van der Waals surface area contributed by atoms with Gasteiger partial charge in [-0.1, -0.05) is 18.5 Å². The van der Waals surface area contributed by atoms with Gasteiger partial charge in [-0.15, -0.1) is 0 Å². The van der Waals surface area contributed by atoms with Crippen LogP contribution in [0.15, 0.2) is 18.2 Å². The van der Waals surface area contributed by atoms with Gasteiger partial charge in [-0.25, -0.2) is 9.18 Å². The highest BCUT2D eigenvalue weighted by Crippen LogP contribution is 2.21. The standard InChI is InChI=1S/C12H15ClFN3O2/c1-2-5-15-12(19)17-11(18)7-16-10-4-3-8(14)6-9(10)13/h3-4,6,16H,2,5,7H2,1H3,(H2,15,17,18,19). The van der Waals surface area contributed by atoms with E-state index in [9.17, 15) is 14.0 Å². The Labute approximate surface area is 115 Å². The number of benzene rings is 1. The van der Waals surface area contributed by atoms with Gasteiger partial charge in [0.2, 0.25) is 5.91 Å². The first-order chi connectivity index (χ1) is 9.02. The van der Waals surface area contributed by atoms with Crippen LogP contribution in [0.5, 0.6) is 0 Å². The summed E-state index contributed by atoms with van der Waals surface area (Å²) in [4.78, 5) is 22.6. The minimum absolute atomic E-state index is 0.134. The lowest BCUT2D eigenvalue weighted by Crippen LogP contribution is -2.42. The molecule has 5 nitrogen and oxygen atoms in total. The summed E-state index contributed by atoms with van der Waals surface area (Å²) < 4.78 is 12.8. The van der Waals surface area contributed by atoms with Crippen LogP contribution in [0.3, 0.4) is 0 Å². The van der Waals surface area contributed by atoms with E-state index in [1.807, 2.05) is 6.92 Å². The molecule has 0 fully saturated rings. The molecule has 0 saturated heterocycles. The Hall–Kier alpha value is -1.82. The second-order valence-corrected chi connectivity index (χ2v) is 4.19. The molecule has 0 atom stereocenters. The normalized spacial score (nSPS) is 9.84. The third kappa shape index (κ3) is 5.56. The van der Waals surface area contributed by atoms with E-state index in [4.69, 9.17) is 11.6 Å². The molecular formula is C12H15ClFN3O2. The lowest BCUT2D eigenvalue weighted by molar-refractivity contribution is -0.118. The van der Waals surface area contributed by atoms with Crippen LogP contribution >= 0.6 is 11.6 Å². The van der Waals surface area contributed by atoms with Gasteiger partial charge in [0.1, 0.15) is 5.82 Å². The smallest absolute Gasteiger partial charge is 0.321 e. The molecule has 0 aliphatic heterocycles. The molecule has 0 aliphatic carbocycles. The van der Waals surface area contributed by atoms with E-state index in [1.54, 1.807) is 0 Å². The number of urea groups is 1.